The Morgan fingerprint density at radius 3 is 1.62 bits per heavy atom. The molecule has 0 unspecified atom stereocenters. The zero-order chi connectivity index (χ0) is 20.7. The van der Waals surface area contributed by atoms with Crippen LogP contribution < -0.4 is 0 Å². The van der Waals surface area contributed by atoms with E-state index in [2.05, 4.69) is 11.3 Å². The summed E-state index contributed by atoms with van der Waals surface area (Å²) in [5.74, 6) is -1.08. The first-order chi connectivity index (χ1) is 11.5. The van der Waals surface area contributed by atoms with E-state index in [1.807, 2.05) is 0 Å². The zero-order valence-electron chi connectivity index (χ0n) is 16.7. The molecule has 1 saturated carbocycles. The van der Waals surface area contributed by atoms with Crippen molar-refractivity contribution >= 4 is 18.2 Å². The lowest BCUT2D eigenvalue weighted by atomic mass is 10.1. The summed E-state index contributed by atoms with van der Waals surface area (Å²) in [6.07, 6.45) is -2.86. The highest BCUT2D eigenvalue weighted by Crippen LogP contribution is 2.60. The summed E-state index contributed by atoms with van der Waals surface area (Å²) in [6, 6.07) is 0. The number of esters is 1. The smallest absolute Gasteiger partial charge is 0.421 e. The van der Waals surface area contributed by atoms with Crippen LogP contribution in [0.1, 0.15) is 54.9 Å². The first-order valence-electron chi connectivity index (χ1n) is 8.21. The number of methoxy groups -OCH3 is 1. The molecule has 0 bridgehead atoms. The van der Waals surface area contributed by atoms with Crippen molar-refractivity contribution in [1.82, 2.24) is 4.90 Å². The first-order valence-corrected chi connectivity index (χ1v) is 8.21. The van der Waals surface area contributed by atoms with E-state index in [1.165, 1.54) is 6.92 Å². The fourth-order valence-corrected chi connectivity index (χ4v) is 2.56. The third-order valence-corrected chi connectivity index (χ3v) is 3.76. The van der Waals surface area contributed by atoms with Crippen molar-refractivity contribution in [2.24, 2.45) is 0 Å². The molecule has 0 aromatic carbocycles. The number of amides is 2. The number of carbonyl (C=O) groups excluding carboxylic acids is 3. The van der Waals surface area contributed by atoms with E-state index in [1.54, 1.807) is 41.5 Å². The molecule has 1 aliphatic carbocycles. The van der Waals surface area contributed by atoms with Crippen LogP contribution in [-0.2, 0) is 19.0 Å². The lowest BCUT2D eigenvalue weighted by Crippen LogP contribution is -2.57. The molecule has 8 heteroatoms. The molecule has 2 atom stereocenters. The molecule has 0 aromatic heterocycles. The summed E-state index contributed by atoms with van der Waals surface area (Å²) < 4.78 is 30.5. The van der Waals surface area contributed by atoms with Gasteiger partial charge in [0.15, 0.2) is 11.2 Å². The Morgan fingerprint density at radius 1 is 1.00 bits per heavy atom. The Morgan fingerprint density at radius 2 is 1.38 bits per heavy atom. The van der Waals surface area contributed by atoms with E-state index < -0.39 is 47.0 Å². The minimum absolute atomic E-state index is 0.0139. The van der Waals surface area contributed by atoms with Gasteiger partial charge in [-0.05, 0) is 54.0 Å². The van der Waals surface area contributed by atoms with Crippen molar-refractivity contribution in [3.8, 4) is 0 Å². The van der Waals surface area contributed by atoms with E-state index >= 15 is 4.39 Å². The molecular weight excluding hydrogens is 345 g/mol. The number of alkyl halides is 1. The summed E-state index contributed by atoms with van der Waals surface area (Å²) in [4.78, 5) is 38.2. The van der Waals surface area contributed by atoms with E-state index in [-0.39, 0.29) is 5.57 Å². The van der Waals surface area contributed by atoms with Gasteiger partial charge in [0.05, 0.1) is 7.11 Å². The van der Waals surface area contributed by atoms with Crippen LogP contribution in [-0.4, -0.2) is 52.6 Å². The number of hydrogen-bond donors (Lipinski definition) is 0. The van der Waals surface area contributed by atoms with Crippen LogP contribution in [0.2, 0.25) is 0 Å². The third-order valence-electron chi connectivity index (χ3n) is 3.76. The topological polar surface area (TPSA) is 82.1 Å². The predicted molar refractivity (Wildman–Crippen MR) is 92.3 cm³/mol. The van der Waals surface area contributed by atoms with Gasteiger partial charge in [0.25, 0.3) is 0 Å². The van der Waals surface area contributed by atoms with E-state index in [4.69, 9.17) is 9.47 Å². The Labute approximate surface area is 153 Å². The second-order valence-electron chi connectivity index (χ2n) is 8.41. The average Bonchev–Trinajstić information content (AvgIpc) is 3.02. The Bertz CT molecular complexity index is 605. The quantitative estimate of drug-likeness (QED) is 0.426. The number of ether oxygens (including phenoxy) is 3. The summed E-state index contributed by atoms with van der Waals surface area (Å²) in [5, 5.41) is 0. The molecule has 2 amide bonds. The first kappa shape index (κ1) is 21.9. The Kier molecular flexibility index (Phi) is 5.53. The minimum Gasteiger partial charge on any atom is -0.467 e. The standard InChI is InChI=1S/C18H28FNO6/c1-11(2)17(19)10-18(17,12(21)24-9)20(13(22)25-15(3,4)5)14(23)26-16(6,7)8/h1,10H2,2-9H3/t17-,18+/m1/s1. The van der Waals surface area contributed by atoms with Gasteiger partial charge in [-0.2, -0.15) is 4.90 Å². The van der Waals surface area contributed by atoms with Gasteiger partial charge in [0, 0.05) is 6.42 Å². The van der Waals surface area contributed by atoms with Gasteiger partial charge in [-0.25, -0.2) is 18.8 Å². The number of rotatable bonds is 3. The van der Waals surface area contributed by atoms with Crippen LogP contribution in [0.15, 0.2) is 12.2 Å². The Balaban J connectivity index is 3.47. The van der Waals surface area contributed by atoms with Crippen LogP contribution >= 0.6 is 0 Å². The van der Waals surface area contributed by atoms with Crippen molar-refractivity contribution in [3.63, 3.8) is 0 Å². The molecule has 7 nitrogen and oxygen atoms in total. The van der Waals surface area contributed by atoms with Crippen molar-refractivity contribution < 1.29 is 33.0 Å². The van der Waals surface area contributed by atoms with Gasteiger partial charge in [0.2, 0.25) is 0 Å². The Hall–Kier alpha value is -2.12. The number of carbonyl (C=O) groups is 3. The van der Waals surface area contributed by atoms with Crippen LogP contribution in [0.4, 0.5) is 14.0 Å². The molecular formula is C18H28FNO6. The van der Waals surface area contributed by atoms with Crippen molar-refractivity contribution in [1.29, 1.82) is 0 Å². The maximum atomic E-state index is 15.4. The normalized spacial score (nSPS) is 25.1. The molecule has 26 heavy (non-hydrogen) atoms. The molecule has 0 heterocycles. The molecule has 1 aliphatic rings. The van der Waals surface area contributed by atoms with Crippen LogP contribution in [0.5, 0.6) is 0 Å². The molecule has 0 aromatic rings. The maximum absolute atomic E-state index is 15.4. The lowest BCUT2D eigenvalue weighted by Gasteiger charge is -2.33. The van der Waals surface area contributed by atoms with Crippen LogP contribution in [0, 0.1) is 0 Å². The van der Waals surface area contributed by atoms with E-state index in [0.29, 0.717) is 4.90 Å². The third kappa shape index (κ3) is 3.99. The monoisotopic (exact) mass is 373 g/mol. The molecule has 1 rings (SSSR count). The molecule has 1 fully saturated rings. The maximum Gasteiger partial charge on any atom is 0.421 e. The van der Waals surface area contributed by atoms with E-state index in [9.17, 15) is 14.4 Å². The van der Waals surface area contributed by atoms with Gasteiger partial charge < -0.3 is 14.2 Å². The summed E-state index contributed by atoms with van der Waals surface area (Å²) in [7, 11) is 1.05. The molecule has 0 saturated heterocycles. The van der Waals surface area contributed by atoms with E-state index in [0.717, 1.165) is 7.11 Å². The highest BCUT2D eigenvalue weighted by molar-refractivity contribution is 6.01. The van der Waals surface area contributed by atoms with Gasteiger partial charge >= 0.3 is 18.2 Å². The van der Waals surface area contributed by atoms with Gasteiger partial charge in [0.1, 0.15) is 11.2 Å². The van der Waals surface area contributed by atoms with Gasteiger partial charge in [-0.1, -0.05) is 6.58 Å². The molecule has 0 radical (unpaired) electrons. The molecule has 148 valence electrons. The molecule has 0 N–H and O–H groups in total. The lowest BCUT2D eigenvalue weighted by molar-refractivity contribution is -0.150. The highest BCUT2D eigenvalue weighted by Gasteiger charge is 2.81. The van der Waals surface area contributed by atoms with Gasteiger partial charge in [-0.3, -0.25) is 0 Å². The van der Waals surface area contributed by atoms with Crippen LogP contribution in [0.3, 0.4) is 0 Å². The van der Waals surface area contributed by atoms with Crippen molar-refractivity contribution in [3.05, 3.63) is 12.2 Å². The van der Waals surface area contributed by atoms with Crippen LogP contribution in [0.25, 0.3) is 0 Å². The second kappa shape index (κ2) is 6.55. The highest BCUT2D eigenvalue weighted by atomic mass is 19.1. The van der Waals surface area contributed by atoms with Crippen molar-refractivity contribution in [2.45, 2.75) is 77.3 Å². The molecule has 0 aliphatic heterocycles. The number of hydrogen-bond acceptors (Lipinski definition) is 6. The largest absolute Gasteiger partial charge is 0.467 e. The number of halogens is 1. The summed E-state index contributed by atoms with van der Waals surface area (Å²) in [6.45, 7) is 14.4. The zero-order valence-corrected chi connectivity index (χ0v) is 16.7. The molecule has 0 spiro atoms. The minimum atomic E-state index is -2.33. The summed E-state index contributed by atoms with van der Waals surface area (Å²) >= 11 is 0. The summed E-state index contributed by atoms with van der Waals surface area (Å²) in [5.41, 5.74) is -6.51. The fourth-order valence-electron chi connectivity index (χ4n) is 2.56. The van der Waals surface area contributed by atoms with Gasteiger partial charge in [-0.15, -0.1) is 0 Å². The predicted octanol–water partition coefficient (Wildman–Crippen LogP) is 3.76. The average molecular weight is 373 g/mol. The SMILES string of the molecule is C=C(C)[C@]1(F)C[C@@]1(C(=O)OC)N(C(=O)OC(C)(C)C)C(=O)OC(C)(C)C. The fraction of sp³-hybridized carbons (Fsp3) is 0.722. The number of imide groups is 1. The van der Waals surface area contributed by atoms with Crippen molar-refractivity contribution in [2.75, 3.05) is 7.11 Å². The second-order valence-corrected chi connectivity index (χ2v) is 8.41. The number of nitrogens with zero attached hydrogens (tertiary/aromatic N) is 1.